The van der Waals surface area contributed by atoms with Gasteiger partial charge in [0, 0.05) is 37.1 Å². The summed E-state index contributed by atoms with van der Waals surface area (Å²) in [6, 6.07) is 7.62. The third kappa shape index (κ3) is 4.79. The van der Waals surface area contributed by atoms with Crippen molar-refractivity contribution in [2.75, 3.05) is 18.4 Å². The van der Waals surface area contributed by atoms with Crippen molar-refractivity contribution in [2.24, 2.45) is 0 Å². The SMILES string of the molecule is CC(C)Nc1ncc(CN2CCC[C@@H](c3ccc(C(=O)O)cc3)C2)cn1. The van der Waals surface area contributed by atoms with E-state index in [-0.39, 0.29) is 0 Å². The Kier molecular flexibility index (Phi) is 5.83. The lowest BCUT2D eigenvalue weighted by atomic mass is 9.90. The van der Waals surface area contributed by atoms with Crippen LogP contribution in [0.3, 0.4) is 0 Å². The fourth-order valence-electron chi connectivity index (χ4n) is 3.40. The van der Waals surface area contributed by atoms with Crippen LogP contribution in [-0.2, 0) is 6.54 Å². The molecule has 0 radical (unpaired) electrons. The number of hydrogen-bond donors (Lipinski definition) is 2. The van der Waals surface area contributed by atoms with E-state index in [9.17, 15) is 4.79 Å². The highest BCUT2D eigenvalue weighted by Gasteiger charge is 2.21. The zero-order chi connectivity index (χ0) is 18.5. The summed E-state index contributed by atoms with van der Waals surface area (Å²) in [6.07, 6.45) is 6.06. The van der Waals surface area contributed by atoms with E-state index < -0.39 is 5.97 Å². The summed E-state index contributed by atoms with van der Waals surface area (Å²) >= 11 is 0. The summed E-state index contributed by atoms with van der Waals surface area (Å²) < 4.78 is 0. The van der Waals surface area contributed by atoms with Gasteiger partial charge in [-0.3, -0.25) is 4.90 Å². The third-order valence-corrected chi connectivity index (χ3v) is 4.66. The van der Waals surface area contributed by atoms with E-state index >= 15 is 0 Å². The number of piperidine rings is 1. The molecule has 138 valence electrons. The Labute approximate surface area is 154 Å². The predicted octanol–water partition coefficient (Wildman–Crippen LogP) is 3.37. The molecule has 1 aromatic heterocycles. The number of nitrogens with zero attached hydrogens (tertiary/aromatic N) is 3. The molecule has 1 atom stereocenters. The average molecular weight is 354 g/mol. The largest absolute Gasteiger partial charge is 0.478 e. The molecular formula is C20H26N4O2. The molecule has 2 aromatic rings. The zero-order valence-corrected chi connectivity index (χ0v) is 15.4. The lowest BCUT2D eigenvalue weighted by molar-refractivity contribution is 0.0697. The second kappa shape index (κ2) is 8.27. The Balaban J connectivity index is 1.60. The van der Waals surface area contributed by atoms with E-state index in [0.717, 1.165) is 38.0 Å². The third-order valence-electron chi connectivity index (χ3n) is 4.66. The van der Waals surface area contributed by atoms with Crippen LogP contribution in [0.15, 0.2) is 36.7 Å². The van der Waals surface area contributed by atoms with Crippen molar-refractivity contribution in [1.82, 2.24) is 14.9 Å². The molecule has 6 heteroatoms. The van der Waals surface area contributed by atoms with Crippen LogP contribution >= 0.6 is 0 Å². The summed E-state index contributed by atoms with van der Waals surface area (Å²) in [5, 5.41) is 12.2. The molecule has 0 amide bonds. The van der Waals surface area contributed by atoms with Gasteiger partial charge in [0.1, 0.15) is 0 Å². The molecule has 1 aliphatic heterocycles. The van der Waals surface area contributed by atoms with Crippen molar-refractivity contribution in [3.8, 4) is 0 Å². The smallest absolute Gasteiger partial charge is 0.335 e. The van der Waals surface area contributed by atoms with E-state index in [4.69, 9.17) is 5.11 Å². The minimum Gasteiger partial charge on any atom is -0.478 e. The molecule has 1 aromatic carbocycles. The normalized spacial score (nSPS) is 18.0. The van der Waals surface area contributed by atoms with Gasteiger partial charge < -0.3 is 10.4 Å². The van der Waals surface area contributed by atoms with Crippen molar-refractivity contribution in [3.05, 3.63) is 53.3 Å². The first-order valence-electron chi connectivity index (χ1n) is 9.14. The van der Waals surface area contributed by atoms with Crippen molar-refractivity contribution in [3.63, 3.8) is 0 Å². The molecule has 2 heterocycles. The van der Waals surface area contributed by atoms with Crippen LogP contribution in [0, 0.1) is 0 Å². The fraction of sp³-hybridized carbons (Fsp3) is 0.450. The number of carbonyl (C=O) groups is 1. The maximum Gasteiger partial charge on any atom is 0.335 e. The lowest BCUT2D eigenvalue weighted by Crippen LogP contribution is -2.34. The summed E-state index contributed by atoms with van der Waals surface area (Å²) in [5.41, 5.74) is 2.67. The van der Waals surface area contributed by atoms with Gasteiger partial charge in [-0.1, -0.05) is 12.1 Å². The van der Waals surface area contributed by atoms with Gasteiger partial charge in [-0.05, 0) is 56.8 Å². The van der Waals surface area contributed by atoms with E-state index in [1.165, 1.54) is 5.56 Å². The van der Waals surface area contributed by atoms with E-state index in [1.807, 2.05) is 24.5 Å². The fourth-order valence-corrected chi connectivity index (χ4v) is 3.40. The number of carboxylic acids is 1. The van der Waals surface area contributed by atoms with Gasteiger partial charge in [-0.15, -0.1) is 0 Å². The van der Waals surface area contributed by atoms with Gasteiger partial charge in [-0.2, -0.15) is 0 Å². The molecule has 6 nitrogen and oxygen atoms in total. The van der Waals surface area contributed by atoms with Crippen molar-refractivity contribution in [2.45, 2.75) is 45.2 Å². The monoisotopic (exact) mass is 354 g/mol. The highest BCUT2D eigenvalue weighted by atomic mass is 16.4. The molecule has 1 fully saturated rings. The zero-order valence-electron chi connectivity index (χ0n) is 15.4. The van der Waals surface area contributed by atoms with Crippen LogP contribution in [0.2, 0.25) is 0 Å². The Hall–Kier alpha value is -2.47. The molecule has 3 rings (SSSR count). The summed E-state index contributed by atoms with van der Waals surface area (Å²) in [4.78, 5) is 22.2. The van der Waals surface area contributed by atoms with Gasteiger partial charge in [0.25, 0.3) is 0 Å². The first-order valence-corrected chi connectivity index (χ1v) is 9.14. The Morgan fingerprint density at radius 2 is 1.96 bits per heavy atom. The second-order valence-corrected chi connectivity index (χ2v) is 7.22. The second-order valence-electron chi connectivity index (χ2n) is 7.22. The number of nitrogens with one attached hydrogen (secondary N) is 1. The van der Waals surface area contributed by atoms with Crippen LogP contribution < -0.4 is 5.32 Å². The van der Waals surface area contributed by atoms with Crippen LogP contribution in [0.4, 0.5) is 5.95 Å². The van der Waals surface area contributed by atoms with Crippen LogP contribution in [0.5, 0.6) is 0 Å². The Morgan fingerprint density at radius 3 is 2.58 bits per heavy atom. The topological polar surface area (TPSA) is 78.4 Å². The van der Waals surface area contributed by atoms with E-state index in [2.05, 4.69) is 34.0 Å². The molecule has 2 N–H and O–H groups in total. The first-order chi connectivity index (χ1) is 12.5. The van der Waals surface area contributed by atoms with Gasteiger partial charge >= 0.3 is 5.97 Å². The minimum atomic E-state index is -0.878. The van der Waals surface area contributed by atoms with E-state index in [1.54, 1.807) is 12.1 Å². The summed E-state index contributed by atoms with van der Waals surface area (Å²) in [7, 11) is 0. The Bertz CT molecular complexity index is 728. The highest BCUT2D eigenvalue weighted by Crippen LogP contribution is 2.28. The molecule has 1 saturated heterocycles. The molecule has 0 aliphatic carbocycles. The number of likely N-dealkylation sites (tertiary alicyclic amines) is 1. The van der Waals surface area contributed by atoms with E-state index in [0.29, 0.717) is 23.5 Å². The molecule has 0 unspecified atom stereocenters. The quantitative estimate of drug-likeness (QED) is 0.828. The summed E-state index contributed by atoms with van der Waals surface area (Å²) in [6.45, 7) is 7.00. The molecule has 0 spiro atoms. The summed E-state index contributed by atoms with van der Waals surface area (Å²) in [5.74, 6) is 0.227. The standard InChI is InChI=1S/C20H26N4O2/c1-14(2)23-20-21-10-15(11-22-20)12-24-9-3-4-18(13-24)16-5-7-17(8-6-16)19(25)26/h5-8,10-11,14,18H,3-4,9,12-13H2,1-2H3,(H,25,26)(H,21,22,23)/t18-/m1/s1. The van der Waals surface area contributed by atoms with Crippen LogP contribution in [0.1, 0.15) is 54.1 Å². The van der Waals surface area contributed by atoms with Gasteiger partial charge in [0.2, 0.25) is 5.95 Å². The number of carboxylic acid groups (broad SMARTS) is 1. The average Bonchev–Trinajstić information content (AvgIpc) is 2.63. The maximum atomic E-state index is 11.0. The van der Waals surface area contributed by atoms with Gasteiger partial charge in [0.05, 0.1) is 5.56 Å². The Morgan fingerprint density at radius 1 is 1.27 bits per heavy atom. The molecular weight excluding hydrogens is 328 g/mol. The van der Waals surface area contributed by atoms with Crippen molar-refractivity contribution >= 4 is 11.9 Å². The number of hydrogen-bond acceptors (Lipinski definition) is 5. The molecule has 0 saturated carbocycles. The molecule has 26 heavy (non-hydrogen) atoms. The van der Waals surface area contributed by atoms with Gasteiger partial charge in [-0.25, -0.2) is 14.8 Å². The van der Waals surface area contributed by atoms with Crippen molar-refractivity contribution < 1.29 is 9.90 Å². The molecule has 0 bridgehead atoms. The van der Waals surface area contributed by atoms with Crippen LogP contribution in [-0.4, -0.2) is 45.1 Å². The highest BCUT2D eigenvalue weighted by molar-refractivity contribution is 5.87. The number of aromatic nitrogens is 2. The number of aromatic carboxylic acids is 1. The number of benzene rings is 1. The molecule has 1 aliphatic rings. The van der Waals surface area contributed by atoms with Crippen molar-refractivity contribution in [1.29, 1.82) is 0 Å². The van der Waals surface area contributed by atoms with Crippen LogP contribution in [0.25, 0.3) is 0 Å². The first kappa shape index (κ1) is 18.3. The lowest BCUT2D eigenvalue weighted by Gasteiger charge is -2.33. The minimum absolute atomic E-state index is 0.316. The number of anilines is 1. The maximum absolute atomic E-state index is 11.0. The predicted molar refractivity (Wildman–Crippen MR) is 101 cm³/mol. The number of rotatable bonds is 6. The van der Waals surface area contributed by atoms with Gasteiger partial charge in [0.15, 0.2) is 0 Å².